The minimum absolute atomic E-state index is 0.0546. The number of thioether (sulfide) groups is 1. The summed E-state index contributed by atoms with van der Waals surface area (Å²) in [6.45, 7) is 4.59. The van der Waals surface area contributed by atoms with E-state index in [2.05, 4.69) is 18.8 Å². The maximum atomic E-state index is 13.3. The predicted molar refractivity (Wildman–Crippen MR) is 132 cm³/mol. The number of aliphatic hydroxyl groups excluding tert-OH is 1. The first-order chi connectivity index (χ1) is 15.8. The van der Waals surface area contributed by atoms with Crippen molar-refractivity contribution in [3.8, 4) is 0 Å². The first-order valence-electron chi connectivity index (χ1n) is 12.8. The Hall–Kier alpha value is -1.46. The Kier molecular flexibility index (Phi) is 6.32. The summed E-state index contributed by atoms with van der Waals surface area (Å²) in [5, 5.41) is 11.5. The summed E-state index contributed by atoms with van der Waals surface area (Å²) in [6.07, 6.45) is 10.5. The number of allylic oxidation sites excluding steroid dienone is 1. The molecule has 3 fully saturated rings. The van der Waals surface area contributed by atoms with E-state index in [1.54, 1.807) is 11.8 Å². The van der Waals surface area contributed by atoms with Crippen molar-refractivity contribution in [2.45, 2.75) is 71.3 Å². The van der Waals surface area contributed by atoms with Gasteiger partial charge in [0.25, 0.3) is 0 Å². The van der Waals surface area contributed by atoms with E-state index in [0.717, 1.165) is 56.4 Å². The standard InChI is InChI=1S/C28H37NO3S/c1-27-12-10-20(30)15-18(27)6-7-21-22-8-9-23(28(22,2)16-24(31)26(21)27)25(32)17-33-14-11-19-5-3-4-13-29-19/h3-5,13,15,21-24,26,31H,6-12,14,16-17H2,1-2H3/t21?,22?,23?,24-,26?,27?,28?/m0/s1. The quantitative estimate of drug-likeness (QED) is 0.593. The minimum atomic E-state index is -0.386. The second kappa shape index (κ2) is 8.96. The molecule has 0 aliphatic heterocycles. The van der Waals surface area contributed by atoms with E-state index in [1.165, 1.54) is 5.57 Å². The van der Waals surface area contributed by atoms with Gasteiger partial charge in [-0.05, 0) is 97.5 Å². The lowest BCUT2D eigenvalue weighted by Crippen LogP contribution is -2.57. The summed E-state index contributed by atoms with van der Waals surface area (Å²) in [5.74, 6) is 3.37. The molecule has 5 rings (SSSR count). The molecule has 1 aromatic rings. The third kappa shape index (κ3) is 4.03. The minimum Gasteiger partial charge on any atom is -0.393 e. The highest BCUT2D eigenvalue weighted by Gasteiger charge is 2.62. The van der Waals surface area contributed by atoms with E-state index in [-0.39, 0.29) is 34.6 Å². The second-order valence-electron chi connectivity index (χ2n) is 11.4. The number of aromatic nitrogens is 1. The highest BCUT2D eigenvalue weighted by atomic mass is 32.2. The third-order valence-electron chi connectivity index (χ3n) is 9.75. The zero-order valence-electron chi connectivity index (χ0n) is 20.0. The number of carbonyl (C=O) groups excluding carboxylic acids is 2. The van der Waals surface area contributed by atoms with Gasteiger partial charge < -0.3 is 5.11 Å². The summed E-state index contributed by atoms with van der Waals surface area (Å²) in [4.78, 5) is 29.8. The first kappa shape index (κ1) is 23.3. The van der Waals surface area contributed by atoms with Gasteiger partial charge in [-0.25, -0.2) is 0 Å². The number of ketones is 2. The second-order valence-corrected chi connectivity index (χ2v) is 12.5. The number of hydrogen-bond donors (Lipinski definition) is 1. The van der Waals surface area contributed by atoms with Gasteiger partial charge in [-0.3, -0.25) is 14.6 Å². The molecule has 0 spiro atoms. The molecule has 4 aliphatic rings. The van der Waals surface area contributed by atoms with E-state index >= 15 is 0 Å². The van der Waals surface area contributed by atoms with Crippen LogP contribution in [0.3, 0.4) is 0 Å². The van der Waals surface area contributed by atoms with Crippen molar-refractivity contribution in [2.24, 2.45) is 34.5 Å². The topological polar surface area (TPSA) is 67.3 Å². The molecule has 1 N–H and O–H groups in total. The number of pyridine rings is 1. The van der Waals surface area contributed by atoms with Gasteiger partial charge in [-0.2, -0.15) is 11.8 Å². The highest BCUT2D eigenvalue weighted by Crippen LogP contribution is 2.66. The number of aliphatic hydroxyl groups is 1. The van der Waals surface area contributed by atoms with Crippen LogP contribution in [-0.4, -0.2) is 39.3 Å². The van der Waals surface area contributed by atoms with E-state index < -0.39 is 0 Å². The smallest absolute Gasteiger partial charge is 0.155 e. The Balaban J connectivity index is 1.26. The Bertz CT molecular complexity index is 946. The average molecular weight is 468 g/mol. The molecule has 3 saturated carbocycles. The molecule has 33 heavy (non-hydrogen) atoms. The van der Waals surface area contributed by atoms with Crippen LogP contribution in [0, 0.1) is 34.5 Å². The SMILES string of the molecule is CC12CCC(=O)C=C1CCC1C2[C@@H](O)CC2(C)C(C(=O)CSCCc3ccccn3)CCC12. The number of carbonyl (C=O) groups is 2. The Morgan fingerprint density at radius 2 is 2.06 bits per heavy atom. The molecule has 0 saturated heterocycles. The number of fused-ring (bicyclic) bond motifs is 5. The van der Waals surface area contributed by atoms with Crippen LogP contribution in [0.4, 0.5) is 0 Å². The van der Waals surface area contributed by atoms with Crippen molar-refractivity contribution in [3.05, 3.63) is 41.7 Å². The maximum absolute atomic E-state index is 13.3. The molecule has 178 valence electrons. The molecule has 7 atom stereocenters. The number of rotatable bonds is 6. The van der Waals surface area contributed by atoms with Crippen LogP contribution < -0.4 is 0 Å². The Morgan fingerprint density at radius 1 is 1.21 bits per heavy atom. The summed E-state index contributed by atoms with van der Waals surface area (Å²) < 4.78 is 0. The summed E-state index contributed by atoms with van der Waals surface area (Å²) in [5.41, 5.74) is 2.20. The highest BCUT2D eigenvalue weighted by molar-refractivity contribution is 7.99. The number of Topliss-reactive ketones (excluding diaryl/α,β-unsaturated/α-hetero) is 1. The van der Waals surface area contributed by atoms with Crippen LogP contribution in [0.15, 0.2) is 36.0 Å². The van der Waals surface area contributed by atoms with Crippen LogP contribution in [0.2, 0.25) is 0 Å². The Morgan fingerprint density at radius 3 is 2.85 bits per heavy atom. The van der Waals surface area contributed by atoms with Gasteiger partial charge in [-0.15, -0.1) is 0 Å². The molecule has 4 nitrogen and oxygen atoms in total. The fourth-order valence-corrected chi connectivity index (χ4v) is 9.11. The number of hydrogen-bond acceptors (Lipinski definition) is 5. The normalized spacial score (nSPS) is 39.9. The molecule has 4 aliphatic carbocycles. The van der Waals surface area contributed by atoms with Crippen LogP contribution in [0.25, 0.3) is 0 Å². The van der Waals surface area contributed by atoms with Crippen LogP contribution >= 0.6 is 11.8 Å². The van der Waals surface area contributed by atoms with Crippen molar-refractivity contribution in [1.82, 2.24) is 4.98 Å². The van der Waals surface area contributed by atoms with Gasteiger partial charge >= 0.3 is 0 Å². The van der Waals surface area contributed by atoms with Crippen LogP contribution in [0.1, 0.15) is 64.5 Å². The Labute approximate surface area is 202 Å². The molecule has 1 aromatic heterocycles. The predicted octanol–water partition coefficient (Wildman–Crippen LogP) is 5.05. The largest absolute Gasteiger partial charge is 0.393 e. The third-order valence-corrected chi connectivity index (χ3v) is 10.7. The molecular weight excluding hydrogens is 430 g/mol. The molecule has 0 amide bonds. The van der Waals surface area contributed by atoms with Gasteiger partial charge in [0.05, 0.1) is 11.9 Å². The van der Waals surface area contributed by atoms with Crippen molar-refractivity contribution in [3.63, 3.8) is 0 Å². The molecule has 0 aromatic carbocycles. The number of nitrogens with zero attached hydrogens (tertiary/aromatic N) is 1. The maximum Gasteiger partial charge on any atom is 0.155 e. The fourth-order valence-electron chi connectivity index (χ4n) is 8.21. The van der Waals surface area contributed by atoms with Crippen molar-refractivity contribution < 1.29 is 14.7 Å². The van der Waals surface area contributed by atoms with E-state index in [9.17, 15) is 14.7 Å². The van der Waals surface area contributed by atoms with Crippen molar-refractivity contribution in [2.75, 3.05) is 11.5 Å². The molecule has 0 bridgehead atoms. The van der Waals surface area contributed by atoms with Crippen LogP contribution in [0.5, 0.6) is 0 Å². The molecule has 0 radical (unpaired) electrons. The lowest BCUT2D eigenvalue weighted by molar-refractivity contribution is -0.143. The lowest BCUT2D eigenvalue weighted by atomic mass is 9.46. The summed E-state index contributed by atoms with van der Waals surface area (Å²) in [6, 6.07) is 5.98. The van der Waals surface area contributed by atoms with Crippen molar-refractivity contribution in [1.29, 1.82) is 0 Å². The molecular formula is C28H37NO3S. The zero-order chi connectivity index (χ0) is 23.2. The van der Waals surface area contributed by atoms with Gasteiger partial charge in [0, 0.05) is 24.2 Å². The zero-order valence-corrected chi connectivity index (χ0v) is 20.8. The summed E-state index contributed by atoms with van der Waals surface area (Å²) in [7, 11) is 0. The molecule has 5 heteroatoms. The summed E-state index contributed by atoms with van der Waals surface area (Å²) >= 11 is 1.73. The average Bonchev–Trinajstić information content (AvgIpc) is 3.14. The molecule has 6 unspecified atom stereocenters. The van der Waals surface area contributed by atoms with Gasteiger partial charge in [0.2, 0.25) is 0 Å². The molecule has 1 heterocycles. The fraction of sp³-hybridized carbons (Fsp3) is 0.679. The van der Waals surface area contributed by atoms with E-state index in [0.29, 0.717) is 29.8 Å². The monoisotopic (exact) mass is 467 g/mol. The van der Waals surface area contributed by atoms with Crippen molar-refractivity contribution >= 4 is 23.3 Å². The first-order valence-corrected chi connectivity index (χ1v) is 13.9. The van der Waals surface area contributed by atoms with E-state index in [4.69, 9.17) is 0 Å². The van der Waals surface area contributed by atoms with Gasteiger partial charge in [0.1, 0.15) is 5.78 Å². The van der Waals surface area contributed by atoms with E-state index in [1.807, 2.05) is 30.5 Å². The van der Waals surface area contributed by atoms with Crippen LogP contribution in [-0.2, 0) is 16.0 Å². The van der Waals surface area contributed by atoms with Gasteiger partial charge in [0.15, 0.2) is 5.78 Å². The number of aryl methyl sites for hydroxylation is 1. The lowest BCUT2D eigenvalue weighted by Gasteiger charge is -2.59. The van der Waals surface area contributed by atoms with Gasteiger partial charge in [-0.1, -0.05) is 25.5 Å².